The Morgan fingerprint density at radius 2 is 2.00 bits per heavy atom. The Bertz CT molecular complexity index is 377. The Kier molecular flexibility index (Phi) is 4.37. The molecule has 15 heavy (non-hydrogen) atoms. The third kappa shape index (κ3) is 3.75. The minimum absolute atomic E-state index is 0.00759. The molecule has 4 heteroatoms. The lowest BCUT2D eigenvalue weighted by Gasteiger charge is -2.08. The molecule has 0 aromatic heterocycles. The van der Waals surface area contributed by atoms with E-state index in [-0.39, 0.29) is 11.0 Å². The first-order chi connectivity index (χ1) is 7.13. The molecule has 0 spiro atoms. The van der Waals surface area contributed by atoms with Crippen molar-refractivity contribution in [3.05, 3.63) is 24.3 Å². The van der Waals surface area contributed by atoms with Crippen molar-refractivity contribution in [3.8, 4) is 0 Å². The molecule has 0 bridgehead atoms. The van der Waals surface area contributed by atoms with Gasteiger partial charge in [-0.2, -0.15) is 0 Å². The maximum Gasteiger partial charge on any atom is 0.224 e. The van der Waals surface area contributed by atoms with E-state index < -0.39 is 0 Å². The van der Waals surface area contributed by atoms with Gasteiger partial charge in [0.15, 0.2) is 5.12 Å². The highest BCUT2D eigenvalue weighted by atomic mass is 32.2. The summed E-state index contributed by atoms with van der Waals surface area (Å²) in [5, 5.41) is 2.76. The van der Waals surface area contributed by atoms with Crippen molar-refractivity contribution >= 4 is 28.5 Å². The smallest absolute Gasteiger partial charge is 0.224 e. The van der Waals surface area contributed by atoms with Crippen LogP contribution in [0.4, 0.5) is 5.69 Å². The monoisotopic (exact) mass is 223 g/mol. The average Bonchev–Trinajstić information content (AvgIpc) is 2.20. The highest BCUT2D eigenvalue weighted by Gasteiger charge is 2.06. The van der Waals surface area contributed by atoms with Gasteiger partial charge in [-0.05, 0) is 12.1 Å². The fourth-order valence-corrected chi connectivity index (χ4v) is 1.74. The van der Waals surface area contributed by atoms with Crippen LogP contribution in [0.25, 0.3) is 0 Å². The zero-order valence-electron chi connectivity index (χ0n) is 8.74. The lowest BCUT2D eigenvalue weighted by atomic mass is 10.3. The highest BCUT2D eigenvalue weighted by Crippen LogP contribution is 2.27. The number of carbonyl (C=O) groups is 2. The van der Waals surface area contributed by atoms with Crippen molar-refractivity contribution in [2.45, 2.75) is 25.2 Å². The fraction of sp³-hybridized carbons (Fsp3) is 0.273. The first-order valence-electron chi connectivity index (χ1n) is 4.70. The maximum absolute atomic E-state index is 11.2. The van der Waals surface area contributed by atoms with Crippen LogP contribution in [0.1, 0.15) is 20.3 Å². The number of carbonyl (C=O) groups excluding carboxylic acids is 2. The average molecular weight is 223 g/mol. The third-order valence-corrected chi connectivity index (χ3v) is 2.60. The van der Waals surface area contributed by atoms with Crippen molar-refractivity contribution in [3.63, 3.8) is 0 Å². The molecule has 0 heterocycles. The molecule has 1 aromatic rings. The summed E-state index contributed by atoms with van der Waals surface area (Å²) in [4.78, 5) is 23.0. The number of thioether (sulfide) groups is 1. The number of rotatable bonds is 3. The zero-order valence-corrected chi connectivity index (χ0v) is 9.56. The molecule has 1 N–H and O–H groups in total. The van der Waals surface area contributed by atoms with E-state index in [1.165, 1.54) is 6.92 Å². The largest absolute Gasteiger partial charge is 0.325 e. The second-order valence-corrected chi connectivity index (χ2v) is 4.21. The molecule has 0 atom stereocenters. The lowest BCUT2D eigenvalue weighted by Crippen LogP contribution is -2.10. The first kappa shape index (κ1) is 11.8. The molecule has 0 unspecified atom stereocenters. The minimum Gasteiger partial charge on any atom is -0.325 e. The van der Waals surface area contributed by atoms with Gasteiger partial charge >= 0.3 is 0 Å². The second kappa shape index (κ2) is 5.56. The summed E-state index contributed by atoms with van der Waals surface area (Å²) in [6.07, 6.45) is 0.430. The number of amides is 1. The molecular weight excluding hydrogens is 210 g/mol. The van der Waals surface area contributed by atoms with E-state index in [1.54, 1.807) is 13.0 Å². The highest BCUT2D eigenvalue weighted by molar-refractivity contribution is 8.13. The van der Waals surface area contributed by atoms with Gasteiger partial charge < -0.3 is 5.32 Å². The van der Waals surface area contributed by atoms with Crippen LogP contribution in [0, 0.1) is 0 Å². The summed E-state index contributed by atoms with van der Waals surface area (Å²) >= 11 is 1.12. The van der Waals surface area contributed by atoms with Gasteiger partial charge in [-0.3, -0.25) is 9.59 Å². The molecule has 1 aromatic carbocycles. The van der Waals surface area contributed by atoms with Gasteiger partial charge in [0.25, 0.3) is 0 Å². The van der Waals surface area contributed by atoms with Gasteiger partial charge in [0, 0.05) is 18.2 Å². The summed E-state index contributed by atoms with van der Waals surface area (Å²) in [7, 11) is 0. The molecular formula is C11H13NO2S. The van der Waals surface area contributed by atoms with Crippen LogP contribution in [0.5, 0.6) is 0 Å². The van der Waals surface area contributed by atoms with E-state index in [9.17, 15) is 9.59 Å². The SMILES string of the molecule is CCC(=O)Nc1ccccc1SC(C)=O. The van der Waals surface area contributed by atoms with Crippen LogP contribution in [0.2, 0.25) is 0 Å². The molecule has 1 amide bonds. The van der Waals surface area contributed by atoms with E-state index in [2.05, 4.69) is 5.32 Å². The number of benzene rings is 1. The predicted octanol–water partition coefficient (Wildman–Crippen LogP) is 2.67. The lowest BCUT2D eigenvalue weighted by molar-refractivity contribution is -0.116. The summed E-state index contributed by atoms with van der Waals surface area (Å²) < 4.78 is 0. The summed E-state index contributed by atoms with van der Waals surface area (Å²) in [6, 6.07) is 7.28. The molecule has 1 rings (SSSR count). The molecule has 0 aliphatic carbocycles. The second-order valence-electron chi connectivity index (χ2n) is 2.99. The fourth-order valence-electron chi connectivity index (χ4n) is 1.05. The van der Waals surface area contributed by atoms with E-state index in [0.29, 0.717) is 12.1 Å². The van der Waals surface area contributed by atoms with E-state index in [0.717, 1.165) is 16.7 Å². The predicted molar refractivity (Wildman–Crippen MR) is 61.9 cm³/mol. The van der Waals surface area contributed by atoms with Crippen LogP contribution >= 0.6 is 11.8 Å². The third-order valence-electron chi connectivity index (χ3n) is 1.74. The van der Waals surface area contributed by atoms with Crippen LogP contribution < -0.4 is 5.32 Å². The maximum atomic E-state index is 11.2. The van der Waals surface area contributed by atoms with E-state index in [4.69, 9.17) is 0 Å². The number of hydrogen-bond donors (Lipinski definition) is 1. The van der Waals surface area contributed by atoms with Gasteiger partial charge in [0.1, 0.15) is 0 Å². The summed E-state index contributed by atoms with van der Waals surface area (Å²) in [5.41, 5.74) is 0.699. The van der Waals surface area contributed by atoms with Gasteiger partial charge in [-0.25, -0.2) is 0 Å². The Labute approximate surface area is 93.3 Å². The van der Waals surface area contributed by atoms with Crippen molar-refractivity contribution in [2.24, 2.45) is 0 Å². The Morgan fingerprint density at radius 3 is 2.60 bits per heavy atom. The summed E-state index contributed by atoms with van der Waals surface area (Å²) in [5.74, 6) is -0.0494. The molecule has 80 valence electrons. The Morgan fingerprint density at radius 1 is 1.33 bits per heavy atom. The van der Waals surface area contributed by atoms with Crippen LogP contribution in [0.15, 0.2) is 29.2 Å². The Balaban J connectivity index is 2.85. The normalized spacial score (nSPS) is 9.73. The molecule has 0 aliphatic heterocycles. The quantitative estimate of drug-likeness (QED) is 0.801. The van der Waals surface area contributed by atoms with Gasteiger partial charge in [-0.15, -0.1) is 0 Å². The van der Waals surface area contributed by atoms with E-state index >= 15 is 0 Å². The van der Waals surface area contributed by atoms with Crippen LogP contribution in [-0.2, 0) is 9.59 Å². The molecule has 0 saturated heterocycles. The topological polar surface area (TPSA) is 46.2 Å². The van der Waals surface area contributed by atoms with Crippen molar-refractivity contribution in [1.29, 1.82) is 0 Å². The van der Waals surface area contributed by atoms with Gasteiger partial charge in [0.2, 0.25) is 5.91 Å². The minimum atomic E-state index is -0.0494. The van der Waals surface area contributed by atoms with E-state index in [1.807, 2.05) is 18.2 Å². The standard InChI is InChI=1S/C11H13NO2S/c1-3-11(14)12-9-6-4-5-7-10(9)15-8(2)13/h4-7H,3H2,1-2H3,(H,12,14). The van der Waals surface area contributed by atoms with Crippen LogP contribution in [0.3, 0.4) is 0 Å². The molecule has 0 radical (unpaired) electrons. The Hall–Kier alpha value is -1.29. The van der Waals surface area contributed by atoms with Crippen LogP contribution in [-0.4, -0.2) is 11.0 Å². The molecule has 0 fully saturated rings. The van der Waals surface area contributed by atoms with Gasteiger partial charge in [0.05, 0.1) is 5.69 Å². The number of para-hydroxylation sites is 1. The number of nitrogens with one attached hydrogen (secondary N) is 1. The van der Waals surface area contributed by atoms with Gasteiger partial charge in [-0.1, -0.05) is 30.8 Å². The molecule has 3 nitrogen and oxygen atoms in total. The first-order valence-corrected chi connectivity index (χ1v) is 5.52. The summed E-state index contributed by atoms with van der Waals surface area (Å²) in [6.45, 7) is 3.29. The number of anilines is 1. The molecule has 0 aliphatic rings. The zero-order chi connectivity index (χ0) is 11.3. The van der Waals surface area contributed by atoms with Crippen molar-refractivity contribution in [1.82, 2.24) is 0 Å². The van der Waals surface area contributed by atoms with Crippen molar-refractivity contribution < 1.29 is 9.59 Å². The number of hydrogen-bond acceptors (Lipinski definition) is 3. The molecule has 0 saturated carbocycles. The van der Waals surface area contributed by atoms with Crippen molar-refractivity contribution in [2.75, 3.05) is 5.32 Å².